The number of benzene rings is 2. The summed E-state index contributed by atoms with van der Waals surface area (Å²) in [6.07, 6.45) is 6.33. The molecule has 1 aliphatic rings. The zero-order chi connectivity index (χ0) is 17.2. The molecule has 0 N–H and O–H groups in total. The van der Waals surface area contributed by atoms with Crippen molar-refractivity contribution in [2.45, 2.75) is 12.5 Å². The highest BCUT2D eigenvalue weighted by Crippen LogP contribution is 2.35. The highest BCUT2D eigenvalue weighted by molar-refractivity contribution is 5.95. The summed E-state index contributed by atoms with van der Waals surface area (Å²) in [6.45, 7) is 0.782. The Kier molecular flexibility index (Phi) is 3.98. The second kappa shape index (κ2) is 6.43. The van der Waals surface area contributed by atoms with Crippen LogP contribution in [0, 0.1) is 0 Å². The Balaban J connectivity index is 1.52. The van der Waals surface area contributed by atoms with Crippen LogP contribution < -0.4 is 4.74 Å². The molecule has 5 nitrogen and oxygen atoms in total. The number of hydrogen-bond donors (Lipinski definition) is 0. The van der Waals surface area contributed by atoms with E-state index in [-0.39, 0.29) is 11.9 Å². The molecule has 1 amide bonds. The van der Waals surface area contributed by atoms with E-state index in [9.17, 15) is 4.79 Å². The number of aromatic nitrogens is 2. The van der Waals surface area contributed by atoms with E-state index in [2.05, 4.69) is 11.1 Å². The van der Waals surface area contributed by atoms with Gasteiger partial charge in [-0.05, 0) is 48.4 Å². The quantitative estimate of drug-likeness (QED) is 0.734. The van der Waals surface area contributed by atoms with Crippen molar-refractivity contribution in [3.05, 3.63) is 78.4 Å². The zero-order valence-electron chi connectivity index (χ0n) is 14.0. The van der Waals surface area contributed by atoms with Gasteiger partial charge in [0.2, 0.25) is 0 Å². The van der Waals surface area contributed by atoms with Gasteiger partial charge in [0, 0.05) is 30.2 Å². The molecule has 1 aromatic heterocycles. The number of imidazole rings is 1. The van der Waals surface area contributed by atoms with Gasteiger partial charge in [0.25, 0.3) is 5.91 Å². The molecule has 0 radical (unpaired) electrons. The van der Waals surface area contributed by atoms with Crippen LogP contribution in [0.1, 0.15) is 28.4 Å². The van der Waals surface area contributed by atoms with Gasteiger partial charge in [0.15, 0.2) is 0 Å². The summed E-state index contributed by atoms with van der Waals surface area (Å²) in [5.74, 6) is 0.887. The molecule has 1 saturated heterocycles. The summed E-state index contributed by atoms with van der Waals surface area (Å²) < 4.78 is 7.21. The Labute approximate surface area is 146 Å². The monoisotopic (exact) mass is 333 g/mol. The maximum Gasteiger partial charge on any atom is 0.254 e. The van der Waals surface area contributed by atoms with Crippen LogP contribution in [0.3, 0.4) is 0 Å². The second-order valence-corrected chi connectivity index (χ2v) is 6.10. The number of nitrogens with zero attached hydrogens (tertiary/aromatic N) is 3. The third-order valence-electron chi connectivity index (χ3n) is 4.68. The first-order chi connectivity index (χ1) is 12.3. The summed E-state index contributed by atoms with van der Waals surface area (Å²) in [7, 11) is 1.66. The minimum Gasteiger partial charge on any atom is -0.497 e. The molecule has 25 heavy (non-hydrogen) atoms. The van der Waals surface area contributed by atoms with Gasteiger partial charge in [0.1, 0.15) is 5.75 Å². The van der Waals surface area contributed by atoms with Crippen LogP contribution in [0.25, 0.3) is 5.69 Å². The van der Waals surface area contributed by atoms with Crippen molar-refractivity contribution in [2.75, 3.05) is 13.7 Å². The number of methoxy groups -OCH3 is 1. The van der Waals surface area contributed by atoms with Gasteiger partial charge in [0.05, 0.1) is 19.5 Å². The normalized spacial score (nSPS) is 16.4. The van der Waals surface area contributed by atoms with Crippen molar-refractivity contribution in [2.24, 2.45) is 0 Å². The molecular weight excluding hydrogens is 314 g/mol. The molecule has 0 spiro atoms. The van der Waals surface area contributed by atoms with E-state index < -0.39 is 0 Å². The number of hydrogen-bond acceptors (Lipinski definition) is 3. The van der Waals surface area contributed by atoms with Gasteiger partial charge in [-0.15, -0.1) is 0 Å². The average molecular weight is 333 g/mol. The van der Waals surface area contributed by atoms with Crippen LogP contribution in [0.2, 0.25) is 0 Å². The Morgan fingerprint density at radius 1 is 1.20 bits per heavy atom. The van der Waals surface area contributed by atoms with Crippen molar-refractivity contribution < 1.29 is 9.53 Å². The van der Waals surface area contributed by atoms with Gasteiger partial charge < -0.3 is 14.2 Å². The van der Waals surface area contributed by atoms with Gasteiger partial charge in [-0.2, -0.15) is 0 Å². The fourth-order valence-electron chi connectivity index (χ4n) is 3.18. The first kappa shape index (κ1) is 15.4. The van der Waals surface area contributed by atoms with Crippen molar-refractivity contribution >= 4 is 5.91 Å². The molecule has 0 bridgehead atoms. The first-order valence-corrected chi connectivity index (χ1v) is 8.29. The lowest BCUT2D eigenvalue weighted by Crippen LogP contribution is -2.45. The van der Waals surface area contributed by atoms with E-state index in [0.29, 0.717) is 5.56 Å². The molecule has 1 fully saturated rings. The first-order valence-electron chi connectivity index (χ1n) is 8.29. The van der Waals surface area contributed by atoms with Crippen LogP contribution >= 0.6 is 0 Å². The molecule has 2 aromatic carbocycles. The SMILES string of the molecule is COc1cccc([C@H]2CCN2C(=O)c2ccc(-n3ccnc3)cc2)c1. The summed E-state index contributed by atoms with van der Waals surface area (Å²) >= 11 is 0. The molecule has 126 valence electrons. The molecule has 2 heterocycles. The van der Waals surface area contributed by atoms with Gasteiger partial charge in [-0.3, -0.25) is 4.79 Å². The Morgan fingerprint density at radius 2 is 2.04 bits per heavy atom. The molecule has 0 unspecified atom stereocenters. The third kappa shape index (κ3) is 2.89. The zero-order valence-corrected chi connectivity index (χ0v) is 14.0. The van der Waals surface area contributed by atoms with Crippen LogP contribution in [0.15, 0.2) is 67.3 Å². The number of amides is 1. The van der Waals surface area contributed by atoms with Crippen LogP contribution in [0.4, 0.5) is 0 Å². The minimum atomic E-state index is 0.0660. The lowest BCUT2D eigenvalue weighted by molar-refractivity contribution is 0.0460. The summed E-state index contributed by atoms with van der Waals surface area (Å²) in [5.41, 5.74) is 2.81. The van der Waals surface area contributed by atoms with Crippen molar-refractivity contribution in [3.63, 3.8) is 0 Å². The van der Waals surface area contributed by atoms with E-state index in [1.165, 1.54) is 0 Å². The van der Waals surface area contributed by atoms with Gasteiger partial charge in [-0.25, -0.2) is 4.98 Å². The van der Waals surface area contributed by atoms with E-state index >= 15 is 0 Å². The maximum atomic E-state index is 12.8. The molecule has 1 aliphatic heterocycles. The second-order valence-electron chi connectivity index (χ2n) is 6.10. The number of carbonyl (C=O) groups is 1. The standard InChI is InChI=1S/C20H19N3O2/c1-25-18-4-2-3-16(13-18)19-9-11-23(19)20(24)15-5-7-17(8-6-15)22-12-10-21-14-22/h2-8,10,12-14,19H,9,11H2,1H3/t19-/m1/s1. The molecule has 4 rings (SSSR count). The minimum absolute atomic E-state index is 0.0660. The lowest BCUT2D eigenvalue weighted by Gasteiger charge is -2.41. The summed E-state index contributed by atoms with van der Waals surface area (Å²) in [4.78, 5) is 18.8. The van der Waals surface area contributed by atoms with E-state index in [4.69, 9.17) is 4.74 Å². The van der Waals surface area contributed by atoms with Crippen LogP contribution in [-0.2, 0) is 0 Å². The highest BCUT2D eigenvalue weighted by atomic mass is 16.5. The molecule has 1 atom stereocenters. The van der Waals surface area contributed by atoms with Crippen LogP contribution in [0.5, 0.6) is 5.75 Å². The fraction of sp³-hybridized carbons (Fsp3) is 0.200. The highest BCUT2D eigenvalue weighted by Gasteiger charge is 2.34. The molecule has 0 saturated carbocycles. The predicted octanol–water partition coefficient (Wildman–Crippen LogP) is 3.47. The van der Waals surface area contributed by atoms with E-state index in [1.54, 1.807) is 19.6 Å². The van der Waals surface area contributed by atoms with E-state index in [0.717, 1.165) is 30.0 Å². The van der Waals surface area contributed by atoms with Crippen molar-refractivity contribution in [1.29, 1.82) is 0 Å². The molecule has 3 aromatic rings. The smallest absolute Gasteiger partial charge is 0.254 e. The number of likely N-dealkylation sites (tertiary alicyclic amines) is 1. The van der Waals surface area contributed by atoms with Gasteiger partial charge in [-0.1, -0.05) is 12.1 Å². The number of rotatable bonds is 4. The Bertz CT molecular complexity index is 872. The fourth-order valence-corrected chi connectivity index (χ4v) is 3.18. The van der Waals surface area contributed by atoms with Gasteiger partial charge >= 0.3 is 0 Å². The predicted molar refractivity (Wildman–Crippen MR) is 95.0 cm³/mol. The largest absolute Gasteiger partial charge is 0.497 e. The summed E-state index contributed by atoms with van der Waals surface area (Å²) in [5, 5.41) is 0. The van der Waals surface area contributed by atoms with Crippen molar-refractivity contribution in [3.8, 4) is 11.4 Å². The summed E-state index contributed by atoms with van der Waals surface area (Å²) in [6, 6.07) is 15.7. The molecule has 0 aliphatic carbocycles. The average Bonchev–Trinajstić information content (AvgIpc) is 3.16. The topological polar surface area (TPSA) is 47.4 Å². The Morgan fingerprint density at radius 3 is 2.68 bits per heavy atom. The number of ether oxygens (including phenoxy) is 1. The number of carbonyl (C=O) groups excluding carboxylic acids is 1. The molecule has 5 heteroatoms. The van der Waals surface area contributed by atoms with E-state index in [1.807, 2.05) is 58.1 Å². The van der Waals surface area contributed by atoms with Crippen molar-refractivity contribution in [1.82, 2.24) is 14.5 Å². The Hall–Kier alpha value is -3.08. The molecular formula is C20H19N3O2. The lowest BCUT2D eigenvalue weighted by atomic mass is 9.93. The van der Waals surface area contributed by atoms with Crippen LogP contribution in [-0.4, -0.2) is 34.0 Å². The maximum absolute atomic E-state index is 12.8. The third-order valence-corrected chi connectivity index (χ3v) is 4.68.